The quantitative estimate of drug-likeness (QED) is 0.0259. The SMILES string of the molecule is CCCCCCCCCCCCCCCCCCCCCCCCCCCC(=O)OC(COCCCCCCCCC)COC1OC(CO)C(O)C(OS(=O)(=O)O)C1O. The van der Waals surface area contributed by atoms with Gasteiger partial charge in [-0.15, -0.1) is 0 Å². The molecule has 13 heteroatoms. The third-order valence-electron chi connectivity index (χ3n) is 11.5. The predicted molar refractivity (Wildman–Crippen MR) is 235 cm³/mol. The van der Waals surface area contributed by atoms with E-state index in [1.165, 1.54) is 161 Å². The molecule has 0 aromatic carbocycles. The van der Waals surface area contributed by atoms with Gasteiger partial charge in [-0.05, 0) is 12.8 Å². The normalized spacial score (nSPS) is 20.3. The predicted octanol–water partition coefficient (Wildman–Crippen LogP) is 10.5. The van der Waals surface area contributed by atoms with Gasteiger partial charge in [-0.25, -0.2) is 4.18 Å². The highest BCUT2D eigenvalue weighted by molar-refractivity contribution is 7.80. The average molecular weight is 867 g/mol. The number of carbonyl (C=O) groups is 1. The first-order valence-corrected chi connectivity index (χ1v) is 25.7. The Labute approximate surface area is 360 Å². The molecule has 1 saturated heterocycles. The second-order valence-corrected chi connectivity index (χ2v) is 18.1. The van der Waals surface area contributed by atoms with Crippen molar-refractivity contribution in [2.75, 3.05) is 26.4 Å². The van der Waals surface area contributed by atoms with Crippen molar-refractivity contribution in [2.24, 2.45) is 0 Å². The number of carbonyl (C=O) groups excluding carboxylic acids is 1. The van der Waals surface area contributed by atoms with Crippen LogP contribution in [-0.4, -0.2) is 97.5 Å². The van der Waals surface area contributed by atoms with Crippen LogP contribution >= 0.6 is 0 Å². The van der Waals surface area contributed by atoms with Gasteiger partial charge in [-0.2, -0.15) is 8.42 Å². The molecule has 0 aromatic rings. The molecule has 1 fully saturated rings. The molecule has 12 nitrogen and oxygen atoms in total. The molecule has 0 radical (unpaired) electrons. The fourth-order valence-electron chi connectivity index (χ4n) is 7.79. The first-order chi connectivity index (χ1) is 28.6. The molecule has 1 heterocycles. The minimum absolute atomic E-state index is 0.0425. The van der Waals surface area contributed by atoms with Crippen LogP contribution in [0.1, 0.15) is 226 Å². The Morgan fingerprint density at radius 3 is 1.36 bits per heavy atom. The van der Waals surface area contributed by atoms with E-state index >= 15 is 0 Å². The van der Waals surface area contributed by atoms with Crippen LogP contribution in [0.3, 0.4) is 0 Å². The average Bonchev–Trinajstić information content (AvgIpc) is 3.20. The zero-order valence-electron chi connectivity index (χ0n) is 37.6. The summed E-state index contributed by atoms with van der Waals surface area (Å²) in [6.07, 6.45) is 31.8. The molecular weight excluding hydrogens is 777 g/mol. The van der Waals surface area contributed by atoms with Crippen molar-refractivity contribution in [3.05, 3.63) is 0 Å². The molecule has 6 atom stereocenters. The zero-order valence-corrected chi connectivity index (χ0v) is 38.4. The van der Waals surface area contributed by atoms with Crippen LogP contribution in [0, 0.1) is 0 Å². The van der Waals surface area contributed by atoms with Crippen LogP contribution in [0.25, 0.3) is 0 Å². The van der Waals surface area contributed by atoms with Crippen LogP contribution in [0.15, 0.2) is 0 Å². The number of aliphatic hydroxyl groups is 3. The maximum absolute atomic E-state index is 12.8. The van der Waals surface area contributed by atoms with Gasteiger partial charge >= 0.3 is 16.4 Å². The van der Waals surface area contributed by atoms with E-state index in [-0.39, 0.29) is 19.6 Å². The summed E-state index contributed by atoms with van der Waals surface area (Å²) in [7, 11) is -5.05. The molecule has 0 bridgehead atoms. The van der Waals surface area contributed by atoms with Gasteiger partial charge in [-0.1, -0.05) is 206 Å². The Morgan fingerprint density at radius 2 is 0.966 bits per heavy atom. The Kier molecular flexibility index (Phi) is 36.9. The minimum atomic E-state index is -5.05. The Balaban J connectivity index is 2.21. The van der Waals surface area contributed by atoms with Gasteiger partial charge in [0.15, 0.2) is 6.29 Å². The Morgan fingerprint density at radius 1 is 0.576 bits per heavy atom. The molecule has 1 aliphatic rings. The van der Waals surface area contributed by atoms with Gasteiger partial charge in [-0.3, -0.25) is 9.35 Å². The molecule has 6 unspecified atom stereocenters. The topological polar surface area (TPSA) is 178 Å². The molecule has 352 valence electrons. The fraction of sp³-hybridized carbons (Fsp3) is 0.978. The third-order valence-corrected chi connectivity index (χ3v) is 11.9. The van der Waals surface area contributed by atoms with Crippen LogP contribution in [0.2, 0.25) is 0 Å². The summed E-state index contributed by atoms with van der Waals surface area (Å²) < 4.78 is 58.9. The van der Waals surface area contributed by atoms with E-state index < -0.39 is 59.8 Å². The molecule has 59 heavy (non-hydrogen) atoms. The molecule has 1 rings (SSSR count). The largest absolute Gasteiger partial charge is 0.457 e. The van der Waals surface area contributed by atoms with Crippen molar-refractivity contribution in [2.45, 2.75) is 263 Å². The second-order valence-electron chi connectivity index (χ2n) is 17.1. The maximum atomic E-state index is 12.8. The summed E-state index contributed by atoms with van der Waals surface area (Å²) in [5.41, 5.74) is 0. The van der Waals surface area contributed by atoms with Crippen LogP contribution in [-0.2, 0) is 38.3 Å². The van der Waals surface area contributed by atoms with Crippen LogP contribution in [0.4, 0.5) is 0 Å². The van der Waals surface area contributed by atoms with Crippen molar-refractivity contribution >= 4 is 16.4 Å². The van der Waals surface area contributed by atoms with E-state index in [9.17, 15) is 28.5 Å². The summed E-state index contributed by atoms with van der Waals surface area (Å²) in [6.45, 7) is 3.99. The highest BCUT2D eigenvalue weighted by atomic mass is 32.3. The van der Waals surface area contributed by atoms with E-state index in [0.29, 0.717) is 13.0 Å². The standard InChI is InChI=1S/C46H90O12S/c1-3-5-7-9-11-12-13-14-15-16-17-18-19-20-21-22-23-24-25-26-27-28-29-31-33-35-42(48)56-40(38-54-36-34-32-30-10-8-6-4-2)39-55-46-44(50)45(58-59(51,52)53)43(49)41(37-47)57-46/h40-41,43-47,49-50H,3-39H2,1-2H3,(H,51,52,53). The summed E-state index contributed by atoms with van der Waals surface area (Å²) in [5, 5.41) is 30.6. The van der Waals surface area contributed by atoms with Gasteiger partial charge in [0.05, 0.1) is 19.8 Å². The van der Waals surface area contributed by atoms with Gasteiger partial charge in [0.2, 0.25) is 0 Å². The summed E-state index contributed by atoms with van der Waals surface area (Å²) >= 11 is 0. The number of hydrogen-bond donors (Lipinski definition) is 4. The minimum Gasteiger partial charge on any atom is -0.457 e. The number of unbranched alkanes of at least 4 members (excludes halogenated alkanes) is 30. The summed E-state index contributed by atoms with van der Waals surface area (Å²) in [5.74, 6) is -0.395. The van der Waals surface area contributed by atoms with Crippen molar-refractivity contribution in [3.8, 4) is 0 Å². The summed E-state index contributed by atoms with van der Waals surface area (Å²) in [6, 6.07) is 0. The molecule has 0 spiro atoms. The van der Waals surface area contributed by atoms with Crippen molar-refractivity contribution in [1.82, 2.24) is 0 Å². The maximum Gasteiger partial charge on any atom is 0.397 e. The Bertz CT molecular complexity index is 1050. The van der Waals surface area contributed by atoms with Gasteiger partial charge < -0.3 is 34.3 Å². The number of esters is 1. The van der Waals surface area contributed by atoms with Gasteiger partial charge in [0.1, 0.15) is 30.5 Å². The van der Waals surface area contributed by atoms with E-state index in [0.717, 1.165) is 38.5 Å². The second kappa shape index (κ2) is 38.7. The summed E-state index contributed by atoms with van der Waals surface area (Å²) in [4.78, 5) is 12.8. The monoisotopic (exact) mass is 867 g/mol. The highest BCUT2D eigenvalue weighted by Gasteiger charge is 2.48. The highest BCUT2D eigenvalue weighted by Crippen LogP contribution is 2.26. The molecule has 0 aromatic heterocycles. The number of rotatable bonds is 43. The third kappa shape index (κ3) is 32.4. The number of ether oxygens (including phenoxy) is 4. The first kappa shape index (κ1) is 56.1. The number of aliphatic hydroxyl groups excluding tert-OH is 3. The molecule has 0 saturated carbocycles. The lowest BCUT2D eigenvalue weighted by molar-refractivity contribution is -0.301. The zero-order chi connectivity index (χ0) is 43.2. The van der Waals surface area contributed by atoms with Crippen molar-refractivity contribution in [1.29, 1.82) is 0 Å². The fourth-order valence-corrected chi connectivity index (χ4v) is 8.30. The Hall–Kier alpha value is -0.900. The lowest BCUT2D eigenvalue weighted by atomic mass is 9.99. The van der Waals surface area contributed by atoms with E-state index in [1.54, 1.807) is 0 Å². The lowest BCUT2D eigenvalue weighted by Gasteiger charge is -2.41. The molecule has 0 aliphatic carbocycles. The molecule has 1 aliphatic heterocycles. The van der Waals surface area contributed by atoms with E-state index in [4.69, 9.17) is 23.5 Å². The van der Waals surface area contributed by atoms with Crippen molar-refractivity contribution < 1.29 is 56.2 Å². The van der Waals surface area contributed by atoms with E-state index in [2.05, 4.69) is 18.0 Å². The smallest absolute Gasteiger partial charge is 0.397 e. The lowest BCUT2D eigenvalue weighted by Crippen LogP contribution is -2.60. The van der Waals surface area contributed by atoms with Gasteiger partial charge in [0.25, 0.3) is 0 Å². The van der Waals surface area contributed by atoms with Gasteiger partial charge in [0, 0.05) is 13.0 Å². The molecule has 4 N–H and O–H groups in total. The van der Waals surface area contributed by atoms with Crippen LogP contribution < -0.4 is 0 Å². The van der Waals surface area contributed by atoms with Crippen molar-refractivity contribution in [3.63, 3.8) is 0 Å². The first-order valence-electron chi connectivity index (χ1n) is 24.3. The molecule has 0 amide bonds. The molecular formula is C46H90O12S. The van der Waals surface area contributed by atoms with Crippen LogP contribution in [0.5, 0.6) is 0 Å². The number of hydrogen-bond acceptors (Lipinski definition) is 11. The van der Waals surface area contributed by atoms with E-state index in [1.807, 2.05) is 0 Å².